The zero-order valence-corrected chi connectivity index (χ0v) is 12.4. The molecule has 0 radical (unpaired) electrons. The number of ketones is 1. The normalized spacial score (nSPS) is 10.3. The fourth-order valence-corrected chi connectivity index (χ4v) is 2.62. The van der Waals surface area contributed by atoms with Gasteiger partial charge < -0.3 is 0 Å². The van der Waals surface area contributed by atoms with Gasteiger partial charge in [0, 0.05) is 28.1 Å². The highest BCUT2D eigenvalue weighted by Crippen LogP contribution is 2.21. The molecule has 0 atom stereocenters. The first kappa shape index (κ1) is 14.4. The molecule has 2 aromatic carbocycles. The molecule has 0 spiro atoms. The van der Waals surface area contributed by atoms with Crippen LogP contribution in [-0.4, -0.2) is 10.7 Å². The number of carbonyl (C=O) groups is 1. The van der Waals surface area contributed by atoms with Crippen molar-refractivity contribution in [2.45, 2.75) is 13.3 Å². The summed E-state index contributed by atoms with van der Waals surface area (Å²) < 4.78 is 0.823. The molecule has 4 nitrogen and oxygen atoms in total. The number of para-hydroxylation sites is 1. The van der Waals surface area contributed by atoms with Crippen molar-refractivity contribution in [3.8, 4) is 0 Å². The number of Topliss-reactive ketones (excluding diaryl/α,β-unsaturated/α-hetero) is 1. The van der Waals surface area contributed by atoms with E-state index in [2.05, 4.69) is 15.9 Å². The van der Waals surface area contributed by atoms with E-state index in [1.54, 1.807) is 30.3 Å². The molecule has 2 aromatic rings. The molecule has 0 amide bonds. The van der Waals surface area contributed by atoms with Crippen molar-refractivity contribution >= 4 is 27.4 Å². The Hall–Kier alpha value is -2.01. The molecule has 0 aliphatic rings. The van der Waals surface area contributed by atoms with Gasteiger partial charge in [0.2, 0.25) is 0 Å². The van der Waals surface area contributed by atoms with E-state index in [4.69, 9.17) is 0 Å². The molecular weight excluding hydrogens is 322 g/mol. The maximum absolute atomic E-state index is 12.2. The van der Waals surface area contributed by atoms with Gasteiger partial charge in [0.15, 0.2) is 5.78 Å². The van der Waals surface area contributed by atoms with Crippen LogP contribution in [0.25, 0.3) is 0 Å². The monoisotopic (exact) mass is 333 g/mol. The number of hydrogen-bond acceptors (Lipinski definition) is 3. The molecule has 0 N–H and O–H groups in total. The number of benzene rings is 2. The predicted octanol–water partition coefficient (Wildman–Crippen LogP) is 4.09. The molecule has 0 aliphatic heterocycles. The van der Waals surface area contributed by atoms with Crippen LogP contribution in [0.2, 0.25) is 0 Å². The minimum atomic E-state index is -0.464. The van der Waals surface area contributed by atoms with Gasteiger partial charge in [-0.3, -0.25) is 14.9 Å². The summed E-state index contributed by atoms with van der Waals surface area (Å²) in [7, 11) is 0. The Labute approximate surface area is 124 Å². The first-order valence-electron chi connectivity index (χ1n) is 6.00. The molecule has 2 rings (SSSR count). The molecule has 0 fully saturated rings. The zero-order valence-electron chi connectivity index (χ0n) is 10.8. The zero-order chi connectivity index (χ0) is 14.7. The lowest BCUT2D eigenvalue weighted by Gasteiger charge is -2.05. The predicted molar refractivity (Wildman–Crippen MR) is 80.0 cm³/mol. The van der Waals surface area contributed by atoms with Gasteiger partial charge in [-0.15, -0.1) is 0 Å². The van der Waals surface area contributed by atoms with Gasteiger partial charge in [-0.05, 0) is 30.7 Å². The maximum atomic E-state index is 12.2. The Kier molecular flexibility index (Phi) is 4.29. The summed E-state index contributed by atoms with van der Waals surface area (Å²) in [6.07, 6.45) is 0.0209. The minimum absolute atomic E-state index is 0.0208. The van der Waals surface area contributed by atoms with Crippen molar-refractivity contribution in [1.82, 2.24) is 0 Å². The molecule has 0 aliphatic carbocycles. The number of nitrogens with zero attached hydrogens (tertiary/aromatic N) is 1. The molecule has 0 bridgehead atoms. The Morgan fingerprint density at radius 3 is 2.60 bits per heavy atom. The fraction of sp³-hybridized carbons (Fsp3) is 0.133. The van der Waals surface area contributed by atoms with Crippen LogP contribution < -0.4 is 0 Å². The van der Waals surface area contributed by atoms with Crippen molar-refractivity contribution in [2.75, 3.05) is 0 Å². The number of aryl methyl sites for hydroxylation is 1. The Morgan fingerprint density at radius 1 is 1.25 bits per heavy atom. The second-order valence-corrected chi connectivity index (χ2v) is 5.42. The first-order valence-corrected chi connectivity index (χ1v) is 6.79. The number of nitro groups is 1. The number of carbonyl (C=O) groups excluding carboxylic acids is 1. The molecule has 102 valence electrons. The Balaban J connectivity index is 2.30. The van der Waals surface area contributed by atoms with Crippen LogP contribution in [0.15, 0.2) is 46.9 Å². The van der Waals surface area contributed by atoms with E-state index in [1.165, 1.54) is 6.07 Å². The van der Waals surface area contributed by atoms with Gasteiger partial charge >= 0.3 is 0 Å². The highest BCUT2D eigenvalue weighted by Gasteiger charge is 2.16. The second kappa shape index (κ2) is 5.96. The Bertz CT molecular complexity index is 662. The third-order valence-electron chi connectivity index (χ3n) is 2.90. The third-order valence-corrected chi connectivity index (χ3v) is 3.36. The highest BCUT2D eigenvalue weighted by atomic mass is 79.9. The van der Waals surface area contributed by atoms with Crippen molar-refractivity contribution in [3.63, 3.8) is 0 Å². The lowest BCUT2D eigenvalue weighted by atomic mass is 10.0. The van der Waals surface area contributed by atoms with E-state index in [0.29, 0.717) is 11.1 Å². The SMILES string of the molecule is Cc1cc(Br)cc(C(=O)Cc2ccccc2[N+](=O)[O-])c1. The molecule has 0 aromatic heterocycles. The molecule has 0 unspecified atom stereocenters. The highest BCUT2D eigenvalue weighted by molar-refractivity contribution is 9.10. The third kappa shape index (κ3) is 3.30. The summed E-state index contributed by atoms with van der Waals surface area (Å²) in [5.41, 5.74) is 1.92. The van der Waals surface area contributed by atoms with Gasteiger partial charge in [-0.1, -0.05) is 34.1 Å². The van der Waals surface area contributed by atoms with E-state index in [1.807, 2.05) is 13.0 Å². The van der Waals surface area contributed by atoms with Crippen LogP contribution in [0.3, 0.4) is 0 Å². The van der Waals surface area contributed by atoms with Crippen molar-refractivity contribution in [2.24, 2.45) is 0 Å². The summed E-state index contributed by atoms with van der Waals surface area (Å²) >= 11 is 3.34. The van der Waals surface area contributed by atoms with Crippen molar-refractivity contribution in [1.29, 1.82) is 0 Å². The van der Waals surface area contributed by atoms with E-state index in [0.717, 1.165) is 10.0 Å². The standard InChI is InChI=1S/C15H12BrNO3/c1-10-6-12(8-13(16)7-10)15(18)9-11-4-2-3-5-14(11)17(19)20/h2-8H,9H2,1H3. The smallest absolute Gasteiger partial charge is 0.273 e. The molecule has 0 saturated heterocycles. The van der Waals surface area contributed by atoms with Gasteiger partial charge in [0.1, 0.15) is 0 Å². The summed E-state index contributed by atoms with van der Waals surface area (Å²) in [6, 6.07) is 11.7. The number of hydrogen-bond donors (Lipinski definition) is 0. The van der Waals surface area contributed by atoms with Crippen LogP contribution in [0.5, 0.6) is 0 Å². The van der Waals surface area contributed by atoms with Gasteiger partial charge in [-0.2, -0.15) is 0 Å². The minimum Gasteiger partial charge on any atom is -0.294 e. The quantitative estimate of drug-likeness (QED) is 0.481. The summed E-state index contributed by atoms with van der Waals surface area (Å²) in [6.45, 7) is 1.90. The van der Waals surface area contributed by atoms with Crippen LogP contribution in [0.4, 0.5) is 5.69 Å². The largest absolute Gasteiger partial charge is 0.294 e. The number of rotatable bonds is 4. The van der Waals surface area contributed by atoms with Gasteiger partial charge in [0.05, 0.1) is 4.92 Å². The topological polar surface area (TPSA) is 60.2 Å². The van der Waals surface area contributed by atoms with Gasteiger partial charge in [-0.25, -0.2) is 0 Å². The summed E-state index contributed by atoms with van der Waals surface area (Å²) in [5, 5.41) is 10.9. The lowest BCUT2D eigenvalue weighted by molar-refractivity contribution is -0.385. The summed E-state index contributed by atoms with van der Waals surface area (Å²) in [5.74, 6) is -0.135. The van der Waals surface area contributed by atoms with Gasteiger partial charge in [0.25, 0.3) is 5.69 Å². The van der Waals surface area contributed by atoms with Crippen LogP contribution in [0, 0.1) is 17.0 Å². The van der Waals surface area contributed by atoms with Crippen LogP contribution in [-0.2, 0) is 6.42 Å². The lowest BCUT2D eigenvalue weighted by Crippen LogP contribution is -2.06. The average Bonchev–Trinajstić information content (AvgIpc) is 2.37. The fourth-order valence-electron chi connectivity index (χ4n) is 2.01. The van der Waals surface area contributed by atoms with Crippen molar-refractivity contribution < 1.29 is 9.72 Å². The average molecular weight is 334 g/mol. The molecule has 0 saturated carbocycles. The van der Waals surface area contributed by atoms with Crippen molar-refractivity contribution in [3.05, 3.63) is 73.7 Å². The summed E-state index contributed by atoms with van der Waals surface area (Å²) in [4.78, 5) is 22.7. The number of nitro benzene ring substituents is 1. The number of halogens is 1. The van der Waals surface area contributed by atoms with E-state index in [-0.39, 0.29) is 17.9 Å². The molecular formula is C15H12BrNO3. The van der Waals surface area contributed by atoms with E-state index >= 15 is 0 Å². The van der Waals surface area contributed by atoms with Crippen LogP contribution >= 0.6 is 15.9 Å². The molecule has 20 heavy (non-hydrogen) atoms. The van der Waals surface area contributed by atoms with E-state index < -0.39 is 4.92 Å². The second-order valence-electron chi connectivity index (χ2n) is 4.50. The van der Waals surface area contributed by atoms with Crippen LogP contribution in [0.1, 0.15) is 21.5 Å². The first-order chi connectivity index (χ1) is 9.47. The maximum Gasteiger partial charge on any atom is 0.273 e. The Morgan fingerprint density at radius 2 is 1.95 bits per heavy atom. The molecule has 5 heteroatoms. The van der Waals surface area contributed by atoms with E-state index in [9.17, 15) is 14.9 Å². The molecule has 0 heterocycles.